The van der Waals surface area contributed by atoms with Gasteiger partial charge in [-0.2, -0.15) is 0 Å². The molecule has 0 saturated carbocycles. The Bertz CT molecular complexity index is 228. The number of aliphatic carboxylic acids is 1. The monoisotopic (exact) mass is 258 g/mol. The number of hydrogen-bond acceptors (Lipinski definition) is 4. The van der Waals surface area contributed by atoms with Gasteiger partial charge in [-0.15, -0.1) is 0 Å². The molecule has 0 amide bonds. The number of carbonyl (C=O) groups is 1. The predicted molar refractivity (Wildman–Crippen MR) is 70.5 cm³/mol. The van der Waals surface area contributed by atoms with Crippen LogP contribution in [0.5, 0.6) is 0 Å². The predicted octanol–water partition coefficient (Wildman–Crippen LogP) is 0.975. The molecule has 0 aromatic rings. The fourth-order valence-electron chi connectivity index (χ4n) is 2.30. The van der Waals surface area contributed by atoms with Gasteiger partial charge in [0.15, 0.2) is 0 Å². The zero-order valence-electron chi connectivity index (χ0n) is 11.1. The molecule has 1 fully saturated rings. The Morgan fingerprint density at radius 2 is 2.22 bits per heavy atom. The molecule has 18 heavy (non-hydrogen) atoms. The highest BCUT2D eigenvalue weighted by Crippen LogP contribution is 2.19. The van der Waals surface area contributed by atoms with Crippen molar-refractivity contribution in [2.75, 3.05) is 26.3 Å². The molecule has 0 radical (unpaired) electrons. The molecule has 0 aromatic heterocycles. The highest BCUT2D eigenvalue weighted by Gasteiger charge is 2.12. The van der Waals surface area contributed by atoms with Crippen molar-refractivity contribution in [2.45, 2.75) is 44.6 Å². The van der Waals surface area contributed by atoms with Crippen LogP contribution >= 0.6 is 0 Å². The first-order chi connectivity index (χ1) is 8.70. The Balaban J connectivity index is 2.00. The number of carboxylic acids is 1. The van der Waals surface area contributed by atoms with Crippen LogP contribution in [0.2, 0.25) is 0 Å². The van der Waals surface area contributed by atoms with Gasteiger partial charge in [-0.1, -0.05) is 12.8 Å². The van der Waals surface area contributed by atoms with Crippen LogP contribution < -0.4 is 11.1 Å². The molecule has 1 aliphatic heterocycles. The fraction of sp³-hybridized carbons (Fsp3) is 0.923. The van der Waals surface area contributed by atoms with Crippen molar-refractivity contribution in [1.29, 1.82) is 0 Å². The van der Waals surface area contributed by atoms with Crippen LogP contribution in [0.3, 0.4) is 0 Å². The van der Waals surface area contributed by atoms with Crippen molar-refractivity contribution in [3.05, 3.63) is 0 Å². The van der Waals surface area contributed by atoms with Crippen molar-refractivity contribution in [3.8, 4) is 0 Å². The average Bonchev–Trinajstić information content (AvgIpc) is 2.30. The van der Waals surface area contributed by atoms with Crippen molar-refractivity contribution < 1.29 is 14.6 Å². The van der Waals surface area contributed by atoms with Gasteiger partial charge in [-0.05, 0) is 44.7 Å². The van der Waals surface area contributed by atoms with Gasteiger partial charge in [-0.3, -0.25) is 4.79 Å². The second-order valence-electron chi connectivity index (χ2n) is 5.06. The number of ether oxygens (including phenoxy) is 1. The molecule has 5 heteroatoms. The summed E-state index contributed by atoms with van der Waals surface area (Å²) in [5.74, 6) is -0.212. The summed E-state index contributed by atoms with van der Waals surface area (Å²) in [5.41, 5.74) is 5.35. The van der Waals surface area contributed by atoms with Gasteiger partial charge in [-0.25, -0.2) is 0 Å². The Kier molecular flexibility index (Phi) is 7.96. The average molecular weight is 258 g/mol. The van der Waals surface area contributed by atoms with Crippen LogP contribution in [0, 0.1) is 5.92 Å². The van der Waals surface area contributed by atoms with Gasteiger partial charge in [0, 0.05) is 6.61 Å². The lowest BCUT2D eigenvalue weighted by Gasteiger charge is -2.20. The molecule has 106 valence electrons. The Morgan fingerprint density at radius 3 is 3.00 bits per heavy atom. The van der Waals surface area contributed by atoms with Crippen molar-refractivity contribution in [2.24, 2.45) is 11.7 Å². The maximum atomic E-state index is 10.5. The first kappa shape index (κ1) is 15.4. The van der Waals surface area contributed by atoms with Gasteiger partial charge in [0.2, 0.25) is 0 Å². The van der Waals surface area contributed by atoms with Gasteiger partial charge in [0.1, 0.15) is 6.04 Å². The van der Waals surface area contributed by atoms with E-state index in [1.807, 2.05) is 0 Å². The van der Waals surface area contributed by atoms with Crippen molar-refractivity contribution in [3.63, 3.8) is 0 Å². The minimum Gasteiger partial charge on any atom is -0.480 e. The van der Waals surface area contributed by atoms with Crippen LogP contribution in [-0.4, -0.2) is 43.4 Å². The van der Waals surface area contributed by atoms with E-state index < -0.39 is 12.0 Å². The third-order valence-corrected chi connectivity index (χ3v) is 3.46. The maximum Gasteiger partial charge on any atom is 0.322 e. The molecule has 2 atom stereocenters. The van der Waals surface area contributed by atoms with Crippen LogP contribution in [0.4, 0.5) is 0 Å². The van der Waals surface area contributed by atoms with Crippen LogP contribution in [-0.2, 0) is 9.53 Å². The van der Waals surface area contributed by atoms with Crippen LogP contribution in [0.15, 0.2) is 0 Å². The molecule has 1 aliphatic rings. The third-order valence-electron chi connectivity index (χ3n) is 3.46. The lowest BCUT2D eigenvalue weighted by atomic mass is 9.92. The molecular weight excluding hydrogens is 232 g/mol. The van der Waals surface area contributed by atoms with E-state index in [2.05, 4.69) is 5.32 Å². The molecule has 0 bridgehead atoms. The summed E-state index contributed by atoms with van der Waals surface area (Å²) in [5, 5.41) is 12.0. The quantitative estimate of drug-likeness (QED) is 0.593. The van der Waals surface area contributed by atoms with E-state index in [4.69, 9.17) is 15.6 Å². The maximum absolute atomic E-state index is 10.5. The van der Waals surface area contributed by atoms with Crippen LogP contribution in [0.1, 0.15) is 38.5 Å². The molecule has 2 unspecified atom stereocenters. The minimum absolute atomic E-state index is 0.113. The molecule has 0 aliphatic carbocycles. The Hall–Kier alpha value is -0.650. The van der Waals surface area contributed by atoms with E-state index in [1.54, 1.807) is 0 Å². The highest BCUT2D eigenvalue weighted by atomic mass is 16.5. The summed E-state index contributed by atoms with van der Waals surface area (Å²) >= 11 is 0. The molecular formula is C13H26N2O3. The van der Waals surface area contributed by atoms with E-state index in [0.29, 0.717) is 6.61 Å². The van der Waals surface area contributed by atoms with Gasteiger partial charge < -0.3 is 20.9 Å². The van der Waals surface area contributed by atoms with E-state index in [-0.39, 0.29) is 6.61 Å². The molecule has 0 aromatic carbocycles. The standard InChI is InChI=1S/C13H26N2O3/c14-12(13(16)17)10-18-9-3-5-11-4-1-2-7-15-8-6-11/h11-12,15H,1-10,14H2,(H,16,17). The first-order valence-electron chi connectivity index (χ1n) is 6.97. The van der Waals surface area contributed by atoms with Crippen molar-refractivity contribution in [1.82, 2.24) is 5.32 Å². The topological polar surface area (TPSA) is 84.6 Å². The Morgan fingerprint density at radius 1 is 1.39 bits per heavy atom. The summed E-state index contributed by atoms with van der Waals surface area (Å²) in [6.45, 7) is 3.00. The molecule has 1 heterocycles. The van der Waals surface area contributed by atoms with E-state index in [9.17, 15) is 4.79 Å². The second-order valence-corrected chi connectivity index (χ2v) is 5.06. The lowest BCUT2D eigenvalue weighted by molar-refractivity contribution is -0.140. The first-order valence-corrected chi connectivity index (χ1v) is 6.97. The van der Waals surface area contributed by atoms with E-state index in [0.717, 1.165) is 25.4 Å². The fourth-order valence-corrected chi connectivity index (χ4v) is 2.30. The molecule has 0 spiro atoms. The summed E-state index contributed by atoms with van der Waals surface area (Å²) < 4.78 is 5.28. The summed E-state index contributed by atoms with van der Waals surface area (Å²) in [7, 11) is 0. The van der Waals surface area contributed by atoms with Crippen LogP contribution in [0.25, 0.3) is 0 Å². The Labute approximate surface area is 109 Å². The molecule has 4 N–H and O–H groups in total. The molecule has 5 nitrogen and oxygen atoms in total. The largest absolute Gasteiger partial charge is 0.480 e. The number of rotatable bonds is 7. The van der Waals surface area contributed by atoms with E-state index >= 15 is 0 Å². The zero-order valence-corrected chi connectivity index (χ0v) is 11.1. The molecule has 1 rings (SSSR count). The highest BCUT2D eigenvalue weighted by molar-refractivity contribution is 5.73. The number of carboxylic acid groups (broad SMARTS) is 1. The smallest absolute Gasteiger partial charge is 0.322 e. The minimum atomic E-state index is -0.999. The SMILES string of the molecule is NC(COCCCC1CCCCNCC1)C(=O)O. The number of nitrogens with two attached hydrogens (primary N) is 1. The molecule has 1 saturated heterocycles. The lowest BCUT2D eigenvalue weighted by Crippen LogP contribution is -2.35. The summed E-state index contributed by atoms with van der Waals surface area (Å²) in [4.78, 5) is 10.5. The number of nitrogens with one attached hydrogen (secondary N) is 1. The number of hydrogen-bond donors (Lipinski definition) is 3. The van der Waals surface area contributed by atoms with Crippen molar-refractivity contribution >= 4 is 5.97 Å². The third kappa shape index (κ3) is 6.93. The second kappa shape index (κ2) is 9.30. The van der Waals surface area contributed by atoms with Gasteiger partial charge in [0.25, 0.3) is 0 Å². The van der Waals surface area contributed by atoms with E-state index in [1.165, 1.54) is 32.1 Å². The summed E-state index contributed by atoms with van der Waals surface area (Å²) in [6, 6.07) is -0.893. The zero-order chi connectivity index (χ0) is 13.2. The van der Waals surface area contributed by atoms with Gasteiger partial charge in [0.05, 0.1) is 6.61 Å². The normalized spacial score (nSPS) is 23.1. The summed E-state index contributed by atoms with van der Waals surface area (Å²) in [6.07, 6.45) is 7.31. The van der Waals surface area contributed by atoms with Gasteiger partial charge >= 0.3 is 5.97 Å².